The molecule has 0 aromatic heterocycles. The minimum Gasteiger partial charge on any atom is -0.465 e. The maximum atomic E-state index is 11.6. The second-order valence-electron chi connectivity index (χ2n) is 3.44. The van der Waals surface area contributed by atoms with Gasteiger partial charge in [0, 0.05) is 18.8 Å². The maximum Gasteiger partial charge on any atom is 0.323 e. The summed E-state index contributed by atoms with van der Waals surface area (Å²) >= 11 is 1.37. The van der Waals surface area contributed by atoms with E-state index in [1.807, 2.05) is 13.8 Å². The summed E-state index contributed by atoms with van der Waals surface area (Å²) in [6.45, 7) is 7.36. The van der Waals surface area contributed by atoms with Gasteiger partial charge in [0.15, 0.2) is 0 Å². The predicted molar refractivity (Wildman–Crippen MR) is 69.9 cm³/mol. The molecule has 0 saturated heterocycles. The number of thioether (sulfide) groups is 1. The summed E-state index contributed by atoms with van der Waals surface area (Å²) in [5.74, 6) is 0.437. The highest BCUT2D eigenvalue weighted by Crippen LogP contribution is 2.05. The zero-order chi connectivity index (χ0) is 13.3. The lowest BCUT2D eigenvalue weighted by molar-refractivity contribution is -0.144. The molecule has 17 heavy (non-hydrogen) atoms. The van der Waals surface area contributed by atoms with E-state index in [4.69, 9.17) is 10.5 Å². The highest BCUT2D eigenvalue weighted by atomic mass is 32.2. The Balaban J connectivity index is 3.83. The molecule has 0 saturated carbocycles. The third kappa shape index (κ3) is 6.53. The van der Waals surface area contributed by atoms with E-state index in [1.165, 1.54) is 11.8 Å². The first-order chi connectivity index (χ1) is 8.06. The Labute approximate surface area is 107 Å². The number of rotatable bonds is 8. The van der Waals surface area contributed by atoms with Crippen LogP contribution in [0.15, 0.2) is 0 Å². The first-order valence-electron chi connectivity index (χ1n) is 5.84. The number of hydrogen-bond acceptors (Lipinski definition) is 5. The molecule has 0 aromatic rings. The van der Waals surface area contributed by atoms with Gasteiger partial charge in [-0.3, -0.25) is 9.59 Å². The fraction of sp³-hybridized carbons (Fsp3) is 0.818. The number of nitrogens with zero attached hydrogens (tertiary/aromatic N) is 1. The molecule has 5 nitrogen and oxygen atoms in total. The smallest absolute Gasteiger partial charge is 0.323 e. The lowest BCUT2D eigenvalue weighted by atomic mass is 10.4. The van der Waals surface area contributed by atoms with E-state index < -0.39 is 12.0 Å². The second-order valence-corrected chi connectivity index (χ2v) is 4.47. The topological polar surface area (TPSA) is 72.6 Å². The Morgan fingerprint density at radius 2 is 1.88 bits per heavy atom. The summed E-state index contributed by atoms with van der Waals surface area (Å²) in [5, 5.41) is 0. The molecule has 0 heterocycles. The van der Waals surface area contributed by atoms with Gasteiger partial charge in [-0.15, -0.1) is 11.8 Å². The van der Waals surface area contributed by atoms with Crippen LogP contribution in [0.2, 0.25) is 0 Å². The third-order valence-electron chi connectivity index (χ3n) is 2.23. The van der Waals surface area contributed by atoms with Crippen molar-refractivity contribution in [2.45, 2.75) is 26.8 Å². The molecule has 2 N–H and O–H groups in total. The number of amides is 1. The van der Waals surface area contributed by atoms with Gasteiger partial charge < -0.3 is 15.4 Å². The fourth-order valence-electron chi connectivity index (χ4n) is 1.26. The van der Waals surface area contributed by atoms with Gasteiger partial charge in [0.05, 0.1) is 12.4 Å². The highest BCUT2D eigenvalue weighted by molar-refractivity contribution is 8.00. The van der Waals surface area contributed by atoms with E-state index in [0.29, 0.717) is 31.2 Å². The van der Waals surface area contributed by atoms with E-state index in [0.717, 1.165) is 0 Å². The third-order valence-corrected chi connectivity index (χ3v) is 3.27. The Kier molecular flexibility index (Phi) is 8.89. The van der Waals surface area contributed by atoms with Crippen molar-refractivity contribution in [3.05, 3.63) is 0 Å². The number of hydrogen-bond donors (Lipinski definition) is 1. The lowest BCUT2D eigenvalue weighted by Crippen LogP contribution is -2.36. The van der Waals surface area contributed by atoms with Gasteiger partial charge in [0.25, 0.3) is 0 Å². The van der Waals surface area contributed by atoms with Crippen molar-refractivity contribution in [2.24, 2.45) is 5.73 Å². The van der Waals surface area contributed by atoms with Crippen LogP contribution in [0.3, 0.4) is 0 Å². The van der Waals surface area contributed by atoms with Crippen LogP contribution in [0.1, 0.15) is 20.8 Å². The quantitative estimate of drug-likeness (QED) is 0.644. The Morgan fingerprint density at radius 3 is 2.35 bits per heavy atom. The van der Waals surface area contributed by atoms with Crippen molar-refractivity contribution in [2.75, 3.05) is 31.2 Å². The molecule has 0 radical (unpaired) electrons. The van der Waals surface area contributed by atoms with Crippen molar-refractivity contribution in [3.8, 4) is 0 Å². The van der Waals surface area contributed by atoms with Crippen LogP contribution >= 0.6 is 11.8 Å². The molecule has 1 unspecified atom stereocenters. The average Bonchev–Trinajstić information content (AvgIpc) is 2.30. The van der Waals surface area contributed by atoms with Gasteiger partial charge >= 0.3 is 5.97 Å². The van der Waals surface area contributed by atoms with Crippen molar-refractivity contribution < 1.29 is 14.3 Å². The molecule has 0 aromatic carbocycles. The molecular weight excluding hydrogens is 240 g/mol. The molecule has 0 bridgehead atoms. The van der Waals surface area contributed by atoms with Gasteiger partial charge in [-0.2, -0.15) is 0 Å². The highest BCUT2D eigenvalue weighted by Gasteiger charge is 2.16. The minimum atomic E-state index is -0.649. The Morgan fingerprint density at radius 1 is 1.29 bits per heavy atom. The van der Waals surface area contributed by atoms with Crippen LogP contribution in [-0.2, 0) is 14.3 Å². The number of carbonyl (C=O) groups excluding carboxylic acids is 2. The van der Waals surface area contributed by atoms with Crippen LogP contribution in [0.5, 0.6) is 0 Å². The SMILES string of the molecule is CCOC(=O)C(N)CSCC(=O)N(CC)CC. The molecule has 100 valence electrons. The summed E-state index contributed by atoms with van der Waals surface area (Å²) < 4.78 is 4.78. The van der Waals surface area contributed by atoms with E-state index >= 15 is 0 Å². The molecule has 0 aliphatic carbocycles. The average molecular weight is 262 g/mol. The van der Waals surface area contributed by atoms with Crippen molar-refractivity contribution >= 4 is 23.6 Å². The van der Waals surface area contributed by atoms with Crippen LogP contribution in [0.4, 0.5) is 0 Å². The summed E-state index contributed by atoms with van der Waals surface area (Å²) in [5.41, 5.74) is 5.61. The van der Waals surface area contributed by atoms with E-state index in [2.05, 4.69) is 0 Å². The molecule has 0 aliphatic heterocycles. The maximum absolute atomic E-state index is 11.6. The number of ether oxygens (including phenoxy) is 1. The van der Waals surface area contributed by atoms with E-state index in [-0.39, 0.29) is 5.91 Å². The van der Waals surface area contributed by atoms with Gasteiger partial charge in [-0.1, -0.05) is 0 Å². The zero-order valence-corrected chi connectivity index (χ0v) is 11.6. The zero-order valence-electron chi connectivity index (χ0n) is 10.8. The molecular formula is C11H22N2O3S. The molecule has 0 aliphatic rings. The molecule has 0 spiro atoms. The van der Waals surface area contributed by atoms with Crippen LogP contribution in [-0.4, -0.2) is 54.0 Å². The monoisotopic (exact) mass is 262 g/mol. The Bertz CT molecular complexity index is 245. The van der Waals surface area contributed by atoms with Crippen LogP contribution in [0, 0.1) is 0 Å². The number of nitrogens with two attached hydrogens (primary N) is 1. The van der Waals surface area contributed by atoms with E-state index in [9.17, 15) is 9.59 Å². The molecule has 0 fully saturated rings. The van der Waals surface area contributed by atoms with Crippen LogP contribution < -0.4 is 5.73 Å². The largest absolute Gasteiger partial charge is 0.465 e. The fourth-order valence-corrected chi connectivity index (χ4v) is 2.12. The van der Waals surface area contributed by atoms with Crippen molar-refractivity contribution in [1.29, 1.82) is 0 Å². The van der Waals surface area contributed by atoms with Gasteiger partial charge in [0.1, 0.15) is 6.04 Å². The van der Waals surface area contributed by atoms with Crippen LogP contribution in [0.25, 0.3) is 0 Å². The van der Waals surface area contributed by atoms with E-state index in [1.54, 1.807) is 11.8 Å². The normalized spacial score (nSPS) is 12.0. The summed E-state index contributed by atoms with van der Waals surface area (Å²) in [6.07, 6.45) is 0. The Hall–Kier alpha value is -0.750. The van der Waals surface area contributed by atoms with Gasteiger partial charge in [-0.05, 0) is 20.8 Å². The first-order valence-corrected chi connectivity index (χ1v) is 6.99. The van der Waals surface area contributed by atoms with Crippen molar-refractivity contribution in [1.82, 2.24) is 4.90 Å². The standard InChI is InChI=1S/C11H22N2O3S/c1-4-13(5-2)10(14)8-17-7-9(12)11(15)16-6-3/h9H,4-8,12H2,1-3H3. The van der Waals surface area contributed by atoms with Crippen molar-refractivity contribution in [3.63, 3.8) is 0 Å². The first kappa shape index (κ1) is 16.2. The molecule has 6 heteroatoms. The summed E-state index contributed by atoms with van der Waals surface area (Å²) in [7, 11) is 0. The summed E-state index contributed by atoms with van der Waals surface area (Å²) in [4.78, 5) is 24.6. The molecule has 1 atom stereocenters. The second kappa shape index (κ2) is 9.30. The predicted octanol–water partition coefficient (Wildman–Crippen LogP) is 0.478. The molecule has 0 rings (SSSR count). The van der Waals surface area contributed by atoms with Gasteiger partial charge in [0.2, 0.25) is 5.91 Å². The minimum absolute atomic E-state index is 0.0797. The molecule has 1 amide bonds. The number of esters is 1. The summed E-state index contributed by atoms with van der Waals surface area (Å²) in [6, 6.07) is -0.649. The number of carbonyl (C=O) groups is 2. The van der Waals surface area contributed by atoms with Gasteiger partial charge in [-0.25, -0.2) is 0 Å². The lowest BCUT2D eigenvalue weighted by Gasteiger charge is -2.18.